The summed E-state index contributed by atoms with van der Waals surface area (Å²) in [6.07, 6.45) is 6.74. The second kappa shape index (κ2) is 2.97. The van der Waals surface area contributed by atoms with Crippen molar-refractivity contribution in [1.29, 1.82) is 0 Å². The van der Waals surface area contributed by atoms with E-state index >= 15 is 0 Å². The molecule has 0 unspecified atom stereocenters. The molecule has 3 rings (SSSR count). The van der Waals surface area contributed by atoms with Crippen molar-refractivity contribution in [2.24, 2.45) is 17.3 Å². The van der Waals surface area contributed by atoms with Crippen LogP contribution < -0.4 is 0 Å². The molecule has 0 spiro atoms. The summed E-state index contributed by atoms with van der Waals surface area (Å²) in [7, 11) is 0. The summed E-state index contributed by atoms with van der Waals surface area (Å²) in [6, 6.07) is 0. The molecule has 0 aromatic rings. The number of fused-ring (bicyclic) bond motifs is 2. The van der Waals surface area contributed by atoms with Gasteiger partial charge in [0.05, 0.1) is 0 Å². The summed E-state index contributed by atoms with van der Waals surface area (Å²) in [5.74, 6) is 1.61. The number of rotatable bonds is 3. The topological polar surface area (TPSA) is 17.1 Å². The lowest BCUT2D eigenvalue weighted by Gasteiger charge is -2.59. The van der Waals surface area contributed by atoms with Crippen LogP contribution in [0.2, 0.25) is 0 Å². The van der Waals surface area contributed by atoms with E-state index < -0.39 is 0 Å². The van der Waals surface area contributed by atoms with Gasteiger partial charge >= 0.3 is 0 Å². The van der Waals surface area contributed by atoms with Gasteiger partial charge in [0.2, 0.25) is 0 Å². The zero-order chi connectivity index (χ0) is 9.47. The van der Waals surface area contributed by atoms with Crippen LogP contribution in [-0.4, -0.2) is 6.29 Å². The minimum Gasteiger partial charge on any atom is -0.303 e. The average molecular weight is 178 g/mol. The van der Waals surface area contributed by atoms with E-state index in [-0.39, 0.29) is 0 Å². The fourth-order valence-electron chi connectivity index (χ4n) is 3.31. The minimum absolute atomic E-state index is 0.427. The number of allylic oxidation sites excluding steroid dienone is 1. The average Bonchev–Trinajstić information content (AvgIpc) is 2.13. The number of aldehydes is 1. The van der Waals surface area contributed by atoms with Crippen LogP contribution in [0, 0.1) is 17.3 Å². The van der Waals surface area contributed by atoms with E-state index in [1.807, 2.05) is 0 Å². The monoisotopic (exact) mass is 178 g/mol. The maximum Gasteiger partial charge on any atom is 0.120 e. The summed E-state index contributed by atoms with van der Waals surface area (Å²) < 4.78 is 0. The van der Waals surface area contributed by atoms with Gasteiger partial charge in [-0.05, 0) is 42.9 Å². The Morgan fingerprint density at radius 1 is 1.69 bits per heavy atom. The number of carbonyl (C=O) groups is 1. The lowest BCUT2D eigenvalue weighted by Crippen LogP contribution is -2.50. The van der Waals surface area contributed by atoms with Crippen LogP contribution in [-0.2, 0) is 4.79 Å². The SMILES string of the molecule is C=C1CC[C@H]2C[C@@H]1[C@@]2(C)CCC=O. The standard InChI is InChI=1S/C12H18O/c1-9-4-5-10-8-11(9)12(10,2)6-3-7-13/h7,10-11H,1,3-6,8H2,2H3/t10-,11-,12-/m0/s1. The molecular formula is C12H18O. The Bertz CT molecular complexity index is 242. The third-order valence-corrected chi connectivity index (χ3v) is 4.36. The zero-order valence-electron chi connectivity index (χ0n) is 8.38. The van der Waals surface area contributed by atoms with E-state index in [1.165, 1.54) is 24.8 Å². The van der Waals surface area contributed by atoms with Gasteiger partial charge in [-0.3, -0.25) is 0 Å². The van der Waals surface area contributed by atoms with Crippen molar-refractivity contribution >= 4 is 6.29 Å². The second-order valence-corrected chi connectivity index (χ2v) is 4.89. The molecule has 0 radical (unpaired) electrons. The molecule has 2 bridgehead atoms. The largest absolute Gasteiger partial charge is 0.303 e. The highest BCUT2D eigenvalue weighted by Gasteiger charge is 2.53. The van der Waals surface area contributed by atoms with Crippen molar-refractivity contribution in [3.8, 4) is 0 Å². The van der Waals surface area contributed by atoms with Crippen LogP contribution in [0.15, 0.2) is 12.2 Å². The van der Waals surface area contributed by atoms with Gasteiger partial charge in [0.1, 0.15) is 6.29 Å². The van der Waals surface area contributed by atoms with Crippen molar-refractivity contribution in [3.63, 3.8) is 0 Å². The fraction of sp³-hybridized carbons (Fsp3) is 0.750. The van der Waals surface area contributed by atoms with Gasteiger partial charge in [-0.2, -0.15) is 0 Å². The molecule has 3 aliphatic rings. The van der Waals surface area contributed by atoms with Gasteiger partial charge in [0.15, 0.2) is 0 Å². The molecule has 0 aromatic carbocycles. The van der Waals surface area contributed by atoms with Gasteiger partial charge in [-0.15, -0.1) is 0 Å². The Labute approximate surface area is 80.2 Å². The quantitative estimate of drug-likeness (QED) is 0.479. The maximum absolute atomic E-state index is 10.4. The molecule has 3 saturated carbocycles. The Hall–Kier alpha value is -0.590. The summed E-state index contributed by atoms with van der Waals surface area (Å²) in [6.45, 7) is 6.50. The molecule has 0 N–H and O–H groups in total. The predicted molar refractivity (Wildman–Crippen MR) is 53.4 cm³/mol. The van der Waals surface area contributed by atoms with Crippen LogP contribution in [0.1, 0.15) is 39.0 Å². The highest BCUT2D eigenvalue weighted by atomic mass is 16.1. The molecule has 3 fully saturated rings. The van der Waals surface area contributed by atoms with Gasteiger partial charge in [0.25, 0.3) is 0 Å². The van der Waals surface area contributed by atoms with Crippen molar-refractivity contribution in [1.82, 2.24) is 0 Å². The highest BCUT2D eigenvalue weighted by molar-refractivity contribution is 5.49. The van der Waals surface area contributed by atoms with Crippen molar-refractivity contribution < 1.29 is 4.79 Å². The van der Waals surface area contributed by atoms with E-state index in [0.29, 0.717) is 5.41 Å². The van der Waals surface area contributed by atoms with Crippen molar-refractivity contribution in [2.45, 2.75) is 39.0 Å². The summed E-state index contributed by atoms with van der Waals surface area (Å²) >= 11 is 0. The van der Waals surface area contributed by atoms with Crippen LogP contribution >= 0.6 is 0 Å². The minimum atomic E-state index is 0.427. The molecule has 72 valence electrons. The Morgan fingerprint density at radius 2 is 2.46 bits per heavy atom. The van der Waals surface area contributed by atoms with Gasteiger partial charge in [-0.25, -0.2) is 0 Å². The Balaban J connectivity index is 2.06. The summed E-state index contributed by atoms with van der Waals surface area (Å²) in [5, 5.41) is 0. The van der Waals surface area contributed by atoms with Crippen LogP contribution in [0.4, 0.5) is 0 Å². The molecule has 0 aliphatic heterocycles. The molecule has 0 aromatic heterocycles. The van der Waals surface area contributed by atoms with Crippen LogP contribution in [0.3, 0.4) is 0 Å². The molecule has 1 heteroatoms. The lowest BCUT2D eigenvalue weighted by atomic mass is 9.45. The lowest BCUT2D eigenvalue weighted by molar-refractivity contribution is -0.110. The van der Waals surface area contributed by atoms with Crippen LogP contribution in [0.5, 0.6) is 0 Å². The first kappa shape index (κ1) is 8.98. The third-order valence-electron chi connectivity index (χ3n) is 4.36. The van der Waals surface area contributed by atoms with E-state index in [0.717, 1.165) is 31.0 Å². The molecule has 0 heterocycles. The van der Waals surface area contributed by atoms with Crippen molar-refractivity contribution in [2.75, 3.05) is 0 Å². The normalized spacial score (nSPS) is 42.7. The summed E-state index contributed by atoms with van der Waals surface area (Å²) in [4.78, 5) is 10.4. The molecule has 3 atom stereocenters. The third kappa shape index (κ3) is 1.17. The number of hydrogen-bond donors (Lipinski definition) is 0. The molecule has 1 nitrogen and oxygen atoms in total. The summed E-state index contributed by atoms with van der Waals surface area (Å²) in [5.41, 5.74) is 1.87. The Kier molecular flexibility index (Phi) is 2.05. The first-order valence-corrected chi connectivity index (χ1v) is 5.30. The van der Waals surface area contributed by atoms with E-state index in [2.05, 4.69) is 13.5 Å². The maximum atomic E-state index is 10.4. The van der Waals surface area contributed by atoms with Crippen molar-refractivity contribution in [3.05, 3.63) is 12.2 Å². The second-order valence-electron chi connectivity index (χ2n) is 4.89. The smallest absolute Gasteiger partial charge is 0.120 e. The van der Waals surface area contributed by atoms with Gasteiger partial charge in [-0.1, -0.05) is 19.1 Å². The van der Waals surface area contributed by atoms with E-state index in [1.54, 1.807) is 0 Å². The highest BCUT2D eigenvalue weighted by Crippen LogP contribution is 2.62. The van der Waals surface area contributed by atoms with Gasteiger partial charge < -0.3 is 4.79 Å². The fourth-order valence-corrected chi connectivity index (χ4v) is 3.31. The molecule has 3 aliphatic carbocycles. The van der Waals surface area contributed by atoms with Gasteiger partial charge in [0, 0.05) is 6.42 Å². The van der Waals surface area contributed by atoms with E-state index in [9.17, 15) is 4.79 Å². The zero-order valence-corrected chi connectivity index (χ0v) is 8.38. The number of carbonyl (C=O) groups excluding carboxylic acids is 1. The molecule has 13 heavy (non-hydrogen) atoms. The first-order valence-electron chi connectivity index (χ1n) is 5.30. The van der Waals surface area contributed by atoms with E-state index in [4.69, 9.17) is 0 Å². The molecule has 0 saturated heterocycles. The molecular weight excluding hydrogens is 160 g/mol. The predicted octanol–water partition coefficient (Wildman–Crippen LogP) is 2.96. The molecule has 0 amide bonds. The van der Waals surface area contributed by atoms with Crippen LogP contribution in [0.25, 0.3) is 0 Å². The Morgan fingerprint density at radius 3 is 3.00 bits per heavy atom. The first-order chi connectivity index (χ1) is 6.18. The number of hydrogen-bond acceptors (Lipinski definition) is 1.